The van der Waals surface area contributed by atoms with E-state index in [1.807, 2.05) is 37.3 Å². The fraction of sp³-hybridized carbons (Fsp3) is 0.261. The third kappa shape index (κ3) is 8.26. The van der Waals surface area contributed by atoms with Gasteiger partial charge in [0.05, 0.1) is 4.34 Å². The predicted octanol–water partition coefficient (Wildman–Crippen LogP) is 5.82. The zero-order chi connectivity index (χ0) is 20.9. The van der Waals surface area contributed by atoms with Crippen LogP contribution < -0.4 is 5.73 Å². The summed E-state index contributed by atoms with van der Waals surface area (Å²) in [6, 6.07) is 12.1. The van der Waals surface area contributed by atoms with Gasteiger partial charge in [-0.15, -0.1) is 11.3 Å². The molecule has 1 aliphatic heterocycles. The first-order valence-electron chi connectivity index (χ1n) is 9.05. The monoisotopic (exact) mass is 415 g/mol. The van der Waals surface area contributed by atoms with Crippen LogP contribution in [0.4, 0.5) is 0 Å². The molecular formula is C23H30ClN3S. The van der Waals surface area contributed by atoms with Crippen LogP contribution in [0.25, 0.3) is 5.57 Å². The van der Waals surface area contributed by atoms with Crippen molar-refractivity contribution in [1.82, 2.24) is 4.90 Å². The molecule has 2 heterocycles. The number of aliphatic imine (C=N–C) groups is 1. The van der Waals surface area contributed by atoms with Crippen molar-refractivity contribution in [3.05, 3.63) is 87.7 Å². The Morgan fingerprint density at radius 2 is 1.89 bits per heavy atom. The van der Waals surface area contributed by atoms with Crippen LogP contribution in [0.15, 0.2) is 72.4 Å². The van der Waals surface area contributed by atoms with E-state index in [-0.39, 0.29) is 0 Å². The highest BCUT2D eigenvalue weighted by molar-refractivity contribution is 7.16. The molecule has 1 aromatic heterocycles. The molecule has 28 heavy (non-hydrogen) atoms. The van der Waals surface area contributed by atoms with E-state index in [1.54, 1.807) is 36.8 Å². The molecule has 1 aliphatic rings. The van der Waals surface area contributed by atoms with E-state index in [0.717, 1.165) is 34.1 Å². The van der Waals surface area contributed by atoms with Gasteiger partial charge < -0.3 is 10.6 Å². The summed E-state index contributed by atoms with van der Waals surface area (Å²) >= 11 is 7.62. The molecule has 0 aliphatic carbocycles. The first-order chi connectivity index (χ1) is 13.4. The van der Waals surface area contributed by atoms with E-state index in [1.165, 1.54) is 17.0 Å². The third-order valence-corrected chi connectivity index (χ3v) is 5.27. The van der Waals surface area contributed by atoms with Gasteiger partial charge in [0.1, 0.15) is 0 Å². The summed E-state index contributed by atoms with van der Waals surface area (Å²) in [6.45, 7) is 10.8. The van der Waals surface area contributed by atoms with Crippen LogP contribution in [0.1, 0.15) is 22.9 Å². The smallest absolute Gasteiger partial charge is 0.0934 e. The van der Waals surface area contributed by atoms with Crippen LogP contribution >= 0.6 is 22.9 Å². The number of nitrogens with two attached hydrogens (primary N) is 1. The molecule has 150 valence electrons. The number of halogens is 1. The number of hydrogen-bond acceptors (Lipinski definition) is 4. The molecular weight excluding hydrogens is 386 g/mol. The van der Waals surface area contributed by atoms with Gasteiger partial charge in [0, 0.05) is 42.5 Å². The summed E-state index contributed by atoms with van der Waals surface area (Å²) in [4.78, 5) is 7.75. The Hall–Kier alpha value is -2.14. The average molecular weight is 416 g/mol. The van der Waals surface area contributed by atoms with Crippen molar-refractivity contribution in [2.75, 3.05) is 20.6 Å². The van der Waals surface area contributed by atoms with Crippen LogP contribution in [0.2, 0.25) is 4.34 Å². The molecule has 0 spiro atoms. The number of thiophene rings is 1. The number of allylic oxidation sites excluding steroid dienone is 4. The number of rotatable bonds is 3. The zero-order valence-electron chi connectivity index (χ0n) is 17.0. The highest BCUT2D eigenvalue weighted by Crippen LogP contribution is 2.30. The Kier molecular flexibility index (Phi) is 11.2. The molecule has 3 rings (SSSR count). The topological polar surface area (TPSA) is 41.6 Å². The van der Waals surface area contributed by atoms with Crippen LogP contribution in [0.3, 0.4) is 0 Å². The van der Waals surface area contributed by atoms with E-state index < -0.39 is 0 Å². The molecule has 1 aromatic carbocycles. The van der Waals surface area contributed by atoms with Crippen molar-refractivity contribution in [2.45, 2.75) is 19.9 Å². The van der Waals surface area contributed by atoms with E-state index in [4.69, 9.17) is 17.3 Å². The molecule has 0 radical (unpaired) electrons. The molecule has 3 nitrogen and oxygen atoms in total. The maximum atomic E-state index is 5.90. The summed E-state index contributed by atoms with van der Waals surface area (Å²) in [5.74, 6) is 0. The summed E-state index contributed by atoms with van der Waals surface area (Å²) in [7, 11) is 3.89. The summed E-state index contributed by atoms with van der Waals surface area (Å²) in [5.41, 5.74) is 10.1. The molecule has 0 unspecified atom stereocenters. The highest BCUT2D eigenvalue weighted by atomic mass is 35.5. The zero-order valence-corrected chi connectivity index (χ0v) is 18.6. The lowest BCUT2D eigenvalue weighted by Crippen LogP contribution is -2.24. The van der Waals surface area contributed by atoms with Gasteiger partial charge in [0.25, 0.3) is 0 Å². The number of likely N-dealkylation sites (N-methyl/N-ethyl adjacent to an activating group) is 1. The van der Waals surface area contributed by atoms with Crippen LogP contribution in [0, 0.1) is 0 Å². The van der Waals surface area contributed by atoms with Crippen molar-refractivity contribution in [3.63, 3.8) is 0 Å². The fourth-order valence-corrected chi connectivity index (χ4v) is 3.99. The maximum absolute atomic E-state index is 5.90. The van der Waals surface area contributed by atoms with Gasteiger partial charge in [-0.2, -0.15) is 0 Å². The van der Waals surface area contributed by atoms with Gasteiger partial charge in [0.15, 0.2) is 0 Å². The second kappa shape index (κ2) is 13.1. The predicted molar refractivity (Wildman–Crippen MR) is 127 cm³/mol. The average Bonchev–Trinajstić information content (AvgIpc) is 3.06. The van der Waals surface area contributed by atoms with E-state index in [9.17, 15) is 0 Å². The van der Waals surface area contributed by atoms with Crippen molar-refractivity contribution >= 4 is 34.7 Å². The quantitative estimate of drug-likeness (QED) is 0.506. The lowest BCUT2D eigenvalue weighted by molar-refractivity contribution is 0.317. The minimum atomic E-state index is 0.789. The van der Waals surface area contributed by atoms with Gasteiger partial charge in [-0.25, -0.2) is 0 Å². The molecule has 2 aromatic rings. The van der Waals surface area contributed by atoms with Crippen molar-refractivity contribution in [2.24, 2.45) is 10.7 Å². The highest BCUT2D eigenvalue weighted by Gasteiger charge is 2.15. The second-order valence-electron chi connectivity index (χ2n) is 6.31. The Balaban J connectivity index is 0.000000238. The standard InChI is InChI=1S/C11H14N2.C8H10ClNS.C4H6/c1-9(12)11(8-13-2)10-6-4-3-5-7-10;1-10-3-2-6-4-8(9)11-7(6)5-10;1-3-4-2/h3-8H,12H2,1-2H3;4H,2-3,5H2,1H3;3-4H,1-2H2/b11-9+,13-8?;;. The Labute approximate surface area is 178 Å². The molecule has 2 N–H and O–H groups in total. The Bertz CT molecular complexity index is 797. The van der Waals surface area contributed by atoms with Crippen molar-refractivity contribution in [1.29, 1.82) is 0 Å². The molecule has 0 bridgehead atoms. The number of hydrogen-bond donors (Lipinski definition) is 1. The molecule has 0 saturated carbocycles. The van der Waals surface area contributed by atoms with Gasteiger partial charge in [-0.05, 0) is 37.6 Å². The molecule has 0 atom stereocenters. The van der Waals surface area contributed by atoms with Crippen LogP contribution in [-0.4, -0.2) is 31.8 Å². The van der Waals surface area contributed by atoms with Gasteiger partial charge in [0.2, 0.25) is 0 Å². The molecule has 0 saturated heterocycles. The molecule has 5 heteroatoms. The molecule has 0 fully saturated rings. The number of nitrogens with zero attached hydrogens (tertiary/aromatic N) is 2. The van der Waals surface area contributed by atoms with Crippen LogP contribution in [-0.2, 0) is 13.0 Å². The third-order valence-electron chi connectivity index (χ3n) is 3.98. The summed E-state index contributed by atoms with van der Waals surface area (Å²) in [5, 5.41) is 0. The lowest BCUT2D eigenvalue weighted by Gasteiger charge is -2.21. The van der Waals surface area contributed by atoms with E-state index in [0.29, 0.717) is 0 Å². The largest absolute Gasteiger partial charge is 0.402 e. The number of fused-ring (bicyclic) bond motifs is 1. The Morgan fingerprint density at radius 3 is 2.43 bits per heavy atom. The Morgan fingerprint density at radius 1 is 1.25 bits per heavy atom. The van der Waals surface area contributed by atoms with Crippen molar-refractivity contribution < 1.29 is 0 Å². The second-order valence-corrected chi connectivity index (χ2v) is 8.08. The molecule has 0 amide bonds. The summed E-state index contributed by atoms with van der Waals surface area (Å²) < 4.78 is 0.935. The van der Waals surface area contributed by atoms with Gasteiger partial charge in [-0.1, -0.05) is 67.2 Å². The number of benzene rings is 1. The lowest BCUT2D eigenvalue weighted by atomic mass is 10.1. The summed E-state index contributed by atoms with van der Waals surface area (Å²) in [6.07, 6.45) is 6.22. The minimum absolute atomic E-state index is 0.789. The first-order valence-corrected chi connectivity index (χ1v) is 10.2. The maximum Gasteiger partial charge on any atom is 0.0934 e. The van der Waals surface area contributed by atoms with E-state index >= 15 is 0 Å². The first kappa shape index (κ1) is 23.9. The van der Waals surface area contributed by atoms with Gasteiger partial charge >= 0.3 is 0 Å². The van der Waals surface area contributed by atoms with Crippen LogP contribution in [0.5, 0.6) is 0 Å². The van der Waals surface area contributed by atoms with Crippen molar-refractivity contribution in [3.8, 4) is 0 Å². The SMILES string of the molecule is C=CC=C.CN1CCc2cc(Cl)sc2C1.CN=C/C(=C(/C)N)c1ccccc1. The normalized spacial score (nSPS) is 14.0. The van der Waals surface area contributed by atoms with Gasteiger partial charge in [-0.3, -0.25) is 4.99 Å². The van der Waals surface area contributed by atoms with E-state index in [2.05, 4.69) is 36.2 Å². The fourth-order valence-electron chi connectivity index (χ4n) is 2.56. The minimum Gasteiger partial charge on any atom is -0.402 e.